The molecule has 0 aromatic carbocycles. The first-order chi connectivity index (χ1) is 11.2. The average molecular weight is 483 g/mol. The van der Waals surface area contributed by atoms with Crippen molar-refractivity contribution in [3.63, 3.8) is 0 Å². The number of hydrogen-bond donors (Lipinski definition) is 2. The zero-order chi connectivity index (χ0) is 16.5. The van der Waals surface area contributed by atoms with Gasteiger partial charge in [0.25, 0.3) is 0 Å². The summed E-state index contributed by atoms with van der Waals surface area (Å²) in [6.07, 6.45) is 4.33. The molecule has 1 saturated heterocycles. The molecule has 1 aliphatic heterocycles. The second-order valence-electron chi connectivity index (χ2n) is 5.41. The van der Waals surface area contributed by atoms with E-state index in [4.69, 9.17) is 0 Å². The van der Waals surface area contributed by atoms with E-state index in [0.717, 1.165) is 48.5 Å². The lowest BCUT2D eigenvalue weighted by atomic mass is 10.1. The molecule has 1 aromatic heterocycles. The summed E-state index contributed by atoms with van der Waals surface area (Å²) >= 11 is 3.46. The molecule has 24 heavy (non-hydrogen) atoms. The van der Waals surface area contributed by atoms with Crippen LogP contribution in [-0.2, 0) is 4.79 Å². The maximum atomic E-state index is 11.5. The van der Waals surface area contributed by atoms with Gasteiger partial charge >= 0.3 is 0 Å². The number of thioether (sulfide) groups is 1. The Labute approximate surface area is 169 Å². The minimum absolute atomic E-state index is 0. The van der Waals surface area contributed by atoms with Gasteiger partial charge in [0.1, 0.15) is 4.34 Å². The Morgan fingerprint density at radius 1 is 1.58 bits per heavy atom. The molecule has 0 radical (unpaired) electrons. The Morgan fingerprint density at radius 3 is 3.08 bits per heavy atom. The summed E-state index contributed by atoms with van der Waals surface area (Å²) in [7, 11) is 1.86. The summed E-state index contributed by atoms with van der Waals surface area (Å²) in [5.41, 5.74) is 0. The largest absolute Gasteiger partial charge is 0.357 e. The quantitative estimate of drug-likeness (QED) is 0.205. The highest BCUT2D eigenvalue weighted by molar-refractivity contribution is 14.0. The minimum Gasteiger partial charge on any atom is -0.357 e. The monoisotopic (exact) mass is 483 g/mol. The van der Waals surface area contributed by atoms with E-state index in [-0.39, 0.29) is 35.9 Å². The number of nitrogens with zero attached hydrogens (tertiary/aromatic N) is 3. The second kappa shape index (κ2) is 11.9. The van der Waals surface area contributed by atoms with Gasteiger partial charge in [-0.1, -0.05) is 11.8 Å². The number of aliphatic imine (C=N–C) groups is 1. The van der Waals surface area contributed by atoms with E-state index < -0.39 is 0 Å². The van der Waals surface area contributed by atoms with Crippen LogP contribution < -0.4 is 10.6 Å². The number of carbonyl (C=O) groups excluding carboxylic acids is 1. The summed E-state index contributed by atoms with van der Waals surface area (Å²) in [6.45, 7) is 4.42. The molecule has 2 rings (SSSR count). The summed E-state index contributed by atoms with van der Waals surface area (Å²) in [4.78, 5) is 22.2. The number of hydrogen-bond acceptors (Lipinski definition) is 5. The van der Waals surface area contributed by atoms with E-state index in [2.05, 4.69) is 27.5 Å². The van der Waals surface area contributed by atoms with Gasteiger partial charge in [0.15, 0.2) is 5.96 Å². The molecule has 0 saturated carbocycles. The molecular formula is C15H26IN5OS2. The topological polar surface area (TPSA) is 69.6 Å². The number of aromatic nitrogens is 1. The average Bonchev–Trinajstić information content (AvgIpc) is 3.04. The van der Waals surface area contributed by atoms with E-state index in [0.29, 0.717) is 6.42 Å². The van der Waals surface area contributed by atoms with Crippen molar-refractivity contribution in [3.8, 4) is 0 Å². The summed E-state index contributed by atoms with van der Waals surface area (Å²) < 4.78 is 1.12. The van der Waals surface area contributed by atoms with Crippen LogP contribution in [0.15, 0.2) is 20.9 Å². The van der Waals surface area contributed by atoms with E-state index in [1.807, 2.05) is 18.6 Å². The molecule has 6 nitrogen and oxygen atoms in total. The molecule has 2 heterocycles. The lowest BCUT2D eigenvalue weighted by molar-refractivity contribution is -0.132. The maximum absolute atomic E-state index is 11.5. The number of likely N-dealkylation sites (N-methyl/N-ethyl adjacent to an activating group) is 1. The number of likely N-dealkylation sites (tertiary alicyclic amines) is 1. The number of piperidine rings is 1. The molecule has 0 aliphatic carbocycles. The molecule has 1 aliphatic rings. The molecule has 136 valence electrons. The number of nitrogens with one attached hydrogen (secondary N) is 2. The molecule has 1 unspecified atom stereocenters. The Morgan fingerprint density at radius 2 is 2.42 bits per heavy atom. The van der Waals surface area contributed by atoms with Gasteiger partial charge in [0.2, 0.25) is 5.91 Å². The highest BCUT2D eigenvalue weighted by atomic mass is 127. The van der Waals surface area contributed by atoms with Crippen LogP contribution in [0.5, 0.6) is 0 Å². The predicted molar refractivity (Wildman–Crippen MR) is 113 cm³/mol. The highest BCUT2D eigenvalue weighted by Gasteiger charge is 2.23. The first-order valence-corrected chi connectivity index (χ1v) is 9.86. The first kappa shape index (κ1) is 21.5. The van der Waals surface area contributed by atoms with E-state index in [1.165, 1.54) is 0 Å². The normalized spacial score (nSPS) is 18.2. The van der Waals surface area contributed by atoms with Crippen molar-refractivity contribution in [2.45, 2.75) is 36.6 Å². The van der Waals surface area contributed by atoms with Crippen LogP contribution in [0.4, 0.5) is 0 Å². The lowest BCUT2D eigenvalue weighted by Crippen LogP contribution is -2.51. The molecular weight excluding hydrogens is 457 g/mol. The number of halogens is 1. The Kier molecular flexibility index (Phi) is 10.7. The van der Waals surface area contributed by atoms with E-state index in [9.17, 15) is 4.79 Å². The summed E-state index contributed by atoms with van der Waals surface area (Å²) in [6, 6.07) is 0.278. The van der Waals surface area contributed by atoms with E-state index >= 15 is 0 Å². The molecule has 0 spiro atoms. The number of thiazole rings is 1. The van der Waals surface area contributed by atoms with Gasteiger partial charge in [-0.2, -0.15) is 0 Å². The minimum atomic E-state index is 0. The van der Waals surface area contributed by atoms with Crippen molar-refractivity contribution in [1.29, 1.82) is 0 Å². The zero-order valence-corrected chi connectivity index (χ0v) is 18.1. The zero-order valence-electron chi connectivity index (χ0n) is 14.2. The fourth-order valence-electron chi connectivity index (χ4n) is 2.34. The van der Waals surface area contributed by atoms with Crippen molar-refractivity contribution in [2.24, 2.45) is 4.99 Å². The highest BCUT2D eigenvalue weighted by Crippen LogP contribution is 2.20. The Hall–Kier alpha value is -0.550. The van der Waals surface area contributed by atoms with Gasteiger partial charge in [0.05, 0.1) is 0 Å². The van der Waals surface area contributed by atoms with Crippen molar-refractivity contribution >= 4 is 58.9 Å². The van der Waals surface area contributed by atoms with Crippen molar-refractivity contribution in [2.75, 3.05) is 32.4 Å². The smallest absolute Gasteiger partial charge is 0.222 e. The first-order valence-electron chi connectivity index (χ1n) is 8.00. The third kappa shape index (κ3) is 7.56. The number of guanidine groups is 1. The number of rotatable bonds is 7. The Balaban J connectivity index is 0.00000288. The SMILES string of the molecule is CCNC(=NCCCSc1nccs1)NC1CCC(=O)N(C)C1.I. The van der Waals surface area contributed by atoms with Gasteiger partial charge < -0.3 is 15.5 Å². The van der Waals surface area contributed by atoms with Crippen LogP contribution in [-0.4, -0.2) is 60.2 Å². The standard InChI is InChI=1S/C15H25N5OS2.HI/c1-3-16-14(19-12-5-6-13(21)20(2)11-12)17-7-4-9-22-15-18-8-10-23-15;/h8,10,12H,3-7,9,11H2,1-2H3,(H2,16,17,19);1H. The van der Waals surface area contributed by atoms with Crippen molar-refractivity contribution in [1.82, 2.24) is 20.5 Å². The third-order valence-corrected chi connectivity index (χ3v) is 5.57. The van der Waals surface area contributed by atoms with Crippen LogP contribution in [0.3, 0.4) is 0 Å². The van der Waals surface area contributed by atoms with Gasteiger partial charge in [0, 0.05) is 56.5 Å². The molecule has 9 heteroatoms. The molecule has 0 bridgehead atoms. The Bertz CT molecular complexity index is 512. The third-order valence-electron chi connectivity index (χ3n) is 3.52. The van der Waals surface area contributed by atoms with Crippen LogP contribution in [0.25, 0.3) is 0 Å². The van der Waals surface area contributed by atoms with Crippen LogP contribution in [0.2, 0.25) is 0 Å². The number of carbonyl (C=O) groups is 1. The van der Waals surface area contributed by atoms with Crippen molar-refractivity contribution < 1.29 is 4.79 Å². The summed E-state index contributed by atoms with van der Waals surface area (Å²) in [5.74, 6) is 2.10. The molecule has 1 fully saturated rings. The molecule has 1 aromatic rings. The van der Waals surface area contributed by atoms with Crippen molar-refractivity contribution in [3.05, 3.63) is 11.6 Å². The fraction of sp³-hybridized carbons (Fsp3) is 0.667. The fourth-order valence-corrected chi connectivity index (χ4v) is 3.97. The van der Waals surface area contributed by atoms with Gasteiger partial charge in [-0.15, -0.1) is 35.3 Å². The summed E-state index contributed by atoms with van der Waals surface area (Å²) in [5, 5.41) is 8.72. The van der Waals surface area contributed by atoms with Crippen LogP contribution in [0, 0.1) is 0 Å². The van der Waals surface area contributed by atoms with Gasteiger partial charge in [-0.25, -0.2) is 4.98 Å². The predicted octanol–water partition coefficient (Wildman–Crippen LogP) is 2.42. The second-order valence-corrected chi connectivity index (χ2v) is 7.65. The molecule has 2 N–H and O–H groups in total. The van der Waals surface area contributed by atoms with Gasteiger partial charge in [-0.05, 0) is 19.8 Å². The van der Waals surface area contributed by atoms with E-state index in [1.54, 1.807) is 28.0 Å². The van der Waals surface area contributed by atoms with Crippen LogP contribution in [0.1, 0.15) is 26.2 Å². The van der Waals surface area contributed by atoms with Gasteiger partial charge in [-0.3, -0.25) is 9.79 Å². The lowest BCUT2D eigenvalue weighted by Gasteiger charge is -2.31. The maximum Gasteiger partial charge on any atom is 0.222 e. The molecule has 1 atom stereocenters. The van der Waals surface area contributed by atoms with Crippen LogP contribution >= 0.6 is 47.1 Å². The number of amides is 1. The molecule has 1 amide bonds.